The lowest BCUT2D eigenvalue weighted by Crippen LogP contribution is -2.22. The van der Waals surface area contributed by atoms with Crippen LogP contribution in [-0.2, 0) is 9.59 Å². The SMILES string of the molecule is C=C/C(=C\C(=C/C)C(=O)C(C)C)NC(=O)CCC(C)C. The van der Waals surface area contributed by atoms with Crippen LogP contribution in [0.5, 0.6) is 0 Å². The van der Waals surface area contributed by atoms with Crippen molar-refractivity contribution in [2.45, 2.75) is 47.5 Å². The summed E-state index contributed by atoms with van der Waals surface area (Å²) in [6, 6.07) is 0. The quantitative estimate of drug-likeness (QED) is 0.542. The maximum absolute atomic E-state index is 12.0. The third-order valence-corrected chi connectivity index (χ3v) is 2.88. The first-order valence-corrected chi connectivity index (χ1v) is 7.16. The molecule has 0 aromatic carbocycles. The fourth-order valence-corrected chi connectivity index (χ4v) is 1.59. The smallest absolute Gasteiger partial charge is 0.224 e. The summed E-state index contributed by atoms with van der Waals surface area (Å²) in [6.07, 6.45) is 6.32. The van der Waals surface area contributed by atoms with Gasteiger partial charge in [0.2, 0.25) is 5.91 Å². The third kappa shape index (κ3) is 7.07. The molecular weight excluding hydrogens is 250 g/mol. The Labute approximate surface area is 122 Å². The largest absolute Gasteiger partial charge is 0.326 e. The maximum Gasteiger partial charge on any atom is 0.224 e. The monoisotopic (exact) mass is 277 g/mol. The molecule has 0 aliphatic heterocycles. The van der Waals surface area contributed by atoms with Gasteiger partial charge in [0.05, 0.1) is 0 Å². The van der Waals surface area contributed by atoms with Crippen LogP contribution >= 0.6 is 0 Å². The minimum atomic E-state index is -0.0693. The highest BCUT2D eigenvalue weighted by Crippen LogP contribution is 2.10. The van der Waals surface area contributed by atoms with E-state index in [4.69, 9.17) is 0 Å². The molecule has 0 aromatic rings. The van der Waals surface area contributed by atoms with Gasteiger partial charge in [-0.25, -0.2) is 0 Å². The predicted octanol–water partition coefficient (Wildman–Crippen LogP) is 3.78. The Morgan fingerprint density at radius 1 is 1.20 bits per heavy atom. The number of amides is 1. The van der Waals surface area contributed by atoms with Crippen LogP contribution in [0.2, 0.25) is 0 Å². The van der Waals surface area contributed by atoms with Crippen LogP contribution in [0.3, 0.4) is 0 Å². The van der Waals surface area contributed by atoms with E-state index >= 15 is 0 Å². The van der Waals surface area contributed by atoms with E-state index in [0.29, 0.717) is 23.6 Å². The van der Waals surface area contributed by atoms with Gasteiger partial charge < -0.3 is 5.32 Å². The number of carbonyl (C=O) groups is 2. The Balaban J connectivity index is 4.81. The molecule has 20 heavy (non-hydrogen) atoms. The standard InChI is InChI=1S/C17H27NO2/c1-7-14(17(20)13(5)6)11-15(8-2)18-16(19)10-9-12(3)4/h7-8,11-13H,2,9-10H2,1,3-6H3,(H,18,19)/b14-7+,15-11+. The molecule has 1 amide bonds. The lowest BCUT2D eigenvalue weighted by molar-refractivity contribution is -0.120. The van der Waals surface area contributed by atoms with Gasteiger partial charge in [0, 0.05) is 23.6 Å². The summed E-state index contributed by atoms with van der Waals surface area (Å²) in [7, 11) is 0. The number of carbonyl (C=O) groups excluding carboxylic acids is 2. The van der Waals surface area contributed by atoms with E-state index in [-0.39, 0.29) is 17.6 Å². The average molecular weight is 277 g/mol. The summed E-state index contributed by atoms with van der Waals surface area (Å²) in [5.41, 5.74) is 1.17. The molecule has 0 heterocycles. The van der Waals surface area contributed by atoms with Gasteiger partial charge in [-0.2, -0.15) is 0 Å². The van der Waals surface area contributed by atoms with Crippen LogP contribution < -0.4 is 5.32 Å². The second-order valence-corrected chi connectivity index (χ2v) is 5.55. The minimum Gasteiger partial charge on any atom is -0.326 e. The number of nitrogens with one attached hydrogen (secondary N) is 1. The first kappa shape index (κ1) is 18.4. The second-order valence-electron chi connectivity index (χ2n) is 5.55. The minimum absolute atomic E-state index is 0.0442. The number of ketones is 1. The van der Waals surface area contributed by atoms with Crippen molar-refractivity contribution in [3.05, 3.63) is 36.1 Å². The van der Waals surface area contributed by atoms with Crippen molar-refractivity contribution in [1.29, 1.82) is 0 Å². The fraction of sp³-hybridized carbons (Fsp3) is 0.529. The molecule has 0 aliphatic carbocycles. The molecule has 1 N–H and O–H groups in total. The van der Waals surface area contributed by atoms with Gasteiger partial charge in [0.15, 0.2) is 5.78 Å². The molecule has 0 bridgehead atoms. The van der Waals surface area contributed by atoms with Crippen LogP contribution in [0.15, 0.2) is 36.1 Å². The van der Waals surface area contributed by atoms with Gasteiger partial charge in [0.25, 0.3) is 0 Å². The summed E-state index contributed by atoms with van der Waals surface area (Å²) in [5, 5.41) is 2.79. The van der Waals surface area contributed by atoms with Crippen molar-refractivity contribution in [3.63, 3.8) is 0 Å². The molecule has 0 fully saturated rings. The lowest BCUT2D eigenvalue weighted by Gasteiger charge is -2.10. The van der Waals surface area contributed by atoms with Gasteiger partial charge in [-0.1, -0.05) is 40.3 Å². The van der Waals surface area contributed by atoms with Gasteiger partial charge in [-0.05, 0) is 31.4 Å². The zero-order valence-corrected chi connectivity index (χ0v) is 13.3. The van der Waals surface area contributed by atoms with Crippen molar-refractivity contribution >= 4 is 11.7 Å². The van der Waals surface area contributed by atoms with Crippen molar-refractivity contribution < 1.29 is 9.59 Å². The normalized spacial score (nSPS) is 12.8. The van der Waals surface area contributed by atoms with Gasteiger partial charge in [0.1, 0.15) is 0 Å². The second kappa shape index (κ2) is 9.29. The van der Waals surface area contributed by atoms with Crippen LogP contribution in [-0.4, -0.2) is 11.7 Å². The molecule has 112 valence electrons. The molecule has 0 saturated carbocycles. The molecule has 0 rings (SSSR count). The zero-order valence-electron chi connectivity index (χ0n) is 13.3. The molecule has 0 atom stereocenters. The zero-order chi connectivity index (χ0) is 15.7. The van der Waals surface area contributed by atoms with Crippen molar-refractivity contribution in [1.82, 2.24) is 5.32 Å². The van der Waals surface area contributed by atoms with E-state index in [2.05, 4.69) is 25.7 Å². The molecule has 0 aromatic heterocycles. The highest BCUT2D eigenvalue weighted by atomic mass is 16.1. The summed E-state index contributed by atoms with van der Waals surface area (Å²) in [6.45, 7) is 13.4. The molecule has 0 radical (unpaired) electrons. The Morgan fingerprint density at radius 3 is 2.20 bits per heavy atom. The van der Waals surface area contributed by atoms with Crippen LogP contribution in [0.1, 0.15) is 47.5 Å². The lowest BCUT2D eigenvalue weighted by atomic mass is 10.00. The fourth-order valence-electron chi connectivity index (χ4n) is 1.59. The topological polar surface area (TPSA) is 46.2 Å². The van der Waals surface area contributed by atoms with Gasteiger partial charge in [-0.15, -0.1) is 0 Å². The summed E-state index contributed by atoms with van der Waals surface area (Å²) in [4.78, 5) is 23.8. The first-order valence-electron chi connectivity index (χ1n) is 7.16. The Hall–Kier alpha value is -1.64. The molecule has 0 unspecified atom stereocenters. The van der Waals surface area contributed by atoms with Crippen molar-refractivity contribution in [2.24, 2.45) is 11.8 Å². The first-order chi connectivity index (χ1) is 9.31. The van der Waals surface area contributed by atoms with Crippen LogP contribution in [0, 0.1) is 11.8 Å². The predicted molar refractivity (Wildman–Crippen MR) is 84.1 cm³/mol. The summed E-state index contributed by atoms with van der Waals surface area (Å²) >= 11 is 0. The molecule has 0 aliphatic rings. The van der Waals surface area contributed by atoms with Crippen LogP contribution in [0.4, 0.5) is 0 Å². The van der Waals surface area contributed by atoms with E-state index in [1.165, 1.54) is 0 Å². The third-order valence-electron chi connectivity index (χ3n) is 2.88. The Kier molecular flexibility index (Phi) is 8.53. The molecule has 3 nitrogen and oxygen atoms in total. The summed E-state index contributed by atoms with van der Waals surface area (Å²) < 4.78 is 0. The van der Waals surface area contributed by atoms with E-state index in [1.807, 2.05) is 20.8 Å². The van der Waals surface area contributed by atoms with E-state index in [1.54, 1.807) is 18.2 Å². The van der Waals surface area contributed by atoms with E-state index in [9.17, 15) is 9.59 Å². The Morgan fingerprint density at radius 2 is 1.80 bits per heavy atom. The highest BCUT2D eigenvalue weighted by molar-refractivity contribution is 5.99. The molecule has 3 heteroatoms. The van der Waals surface area contributed by atoms with Crippen molar-refractivity contribution in [2.75, 3.05) is 0 Å². The summed E-state index contributed by atoms with van der Waals surface area (Å²) in [5.74, 6) is 0.436. The Bertz CT molecular complexity index is 415. The maximum atomic E-state index is 12.0. The van der Waals surface area contributed by atoms with E-state index < -0.39 is 0 Å². The number of rotatable bonds is 8. The average Bonchev–Trinajstić information content (AvgIpc) is 2.40. The molecule has 0 spiro atoms. The van der Waals surface area contributed by atoms with Crippen LogP contribution in [0.25, 0.3) is 0 Å². The van der Waals surface area contributed by atoms with Crippen molar-refractivity contribution in [3.8, 4) is 0 Å². The number of allylic oxidation sites excluding steroid dienone is 4. The van der Waals surface area contributed by atoms with E-state index in [0.717, 1.165) is 6.42 Å². The number of Topliss-reactive ketones (excluding diaryl/α,β-unsaturated/α-hetero) is 1. The van der Waals surface area contributed by atoms with Gasteiger partial charge in [-0.3, -0.25) is 9.59 Å². The molecular formula is C17H27NO2. The highest BCUT2D eigenvalue weighted by Gasteiger charge is 2.12. The van der Waals surface area contributed by atoms with Gasteiger partial charge >= 0.3 is 0 Å². The molecule has 0 saturated heterocycles. The number of hydrogen-bond donors (Lipinski definition) is 1. The number of hydrogen-bond acceptors (Lipinski definition) is 2.